The van der Waals surface area contributed by atoms with Gasteiger partial charge in [-0.05, 0) is 84.1 Å². The minimum atomic E-state index is -0.594. The summed E-state index contributed by atoms with van der Waals surface area (Å²) in [6, 6.07) is 2.01. The van der Waals surface area contributed by atoms with Crippen LogP contribution in [0.1, 0.15) is 102 Å². The monoisotopic (exact) mass is 937 g/mol. The van der Waals surface area contributed by atoms with Gasteiger partial charge < -0.3 is 30.1 Å². The molecule has 2 fully saturated rings. The highest BCUT2D eigenvalue weighted by Crippen LogP contribution is 2.31. The lowest BCUT2D eigenvalue weighted by molar-refractivity contribution is -0.00215. The summed E-state index contributed by atoms with van der Waals surface area (Å²) in [4.78, 5) is 78.2. The average molecular weight is 939 g/mol. The minimum Gasteiger partial charge on any atom is -0.444 e. The van der Waals surface area contributed by atoms with E-state index in [1.165, 1.54) is 39.7 Å². The van der Waals surface area contributed by atoms with Crippen molar-refractivity contribution >= 4 is 85.6 Å². The second-order valence-electron chi connectivity index (χ2n) is 16.6. The summed E-state index contributed by atoms with van der Waals surface area (Å²) in [6.45, 7) is 17.2. The van der Waals surface area contributed by atoms with Crippen LogP contribution < -0.4 is 10.6 Å². The highest BCUT2D eigenvalue weighted by Gasteiger charge is 2.39. The zero-order valence-electron chi connectivity index (χ0n) is 36.8. The SMILES string of the molecule is CCC1CN(C(=O)c2nc(N[C@@H](C)c3cncc(F)c3)nc3nc(C)sc23)C1.Cc1nc2nc(N[C@@H](C)c3cncc(F)c3)nc(C(=O)N3CC(N(C)C(=O)OC(C)(C)C)C3)c2s1.Cl. The Kier molecular flexibility index (Phi) is 14.5. The predicted molar refractivity (Wildman–Crippen MR) is 243 cm³/mol. The number of hydrogen-bond acceptors (Lipinski definition) is 16. The van der Waals surface area contributed by atoms with E-state index in [2.05, 4.69) is 57.4 Å². The molecular formula is C42H50ClF2N13O4S2. The molecule has 8 rings (SSSR count). The Balaban J connectivity index is 0.000000214. The number of nitrogens with one attached hydrogen (secondary N) is 2. The number of ether oxygens (including phenoxy) is 1. The summed E-state index contributed by atoms with van der Waals surface area (Å²) in [6.07, 6.45) is 6.07. The van der Waals surface area contributed by atoms with Crippen molar-refractivity contribution in [1.82, 2.24) is 54.6 Å². The van der Waals surface area contributed by atoms with Gasteiger partial charge in [-0.3, -0.25) is 19.6 Å². The lowest BCUT2D eigenvalue weighted by atomic mass is 9.97. The Morgan fingerprint density at radius 3 is 1.61 bits per heavy atom. The van der Waals surface area contributed by atoms with Crippen molar-refractivity contribution in [3.8, 4) is 0 Å². The first-order chi connectivity index (χ1) is 29.8. The van der Waals surface area contributed by atoms with Crippen LogP contribution in [0.5, 0.6) is 0 Å². The predicted octanol–water partition coefficient (Wildman–Crippen LogP) is 7.80. The third-order valence-electron chi connectivity index (χ3n) is 10.5. The van der Waals surface area contributed by atoms with E-state index >= 15 is 0 Å². The maximum absolute atomic E-state index is 13.6. The lowest BCUT2D eigenvalue weighted by Crippen LogP contribution is -2.61. The number of nitrogens with zero attached hydrogens (tertiary/aromatic N) is 11. The molecule has 22 heteroatoms. The number of rotatable bonds is 10. The van der Waals surface area contributed by atoms with E-state index in [0.717, 1.165) is 41.9 Å². The largest absolute Gasteiger partial charge is 0.444 e. The van der Waals surface area contributed by atoms with Gasteiger partial charge in [0.1, 0.15) is 26.6 Å². The van der Waals surface area contributed by atoms with Crippen molar-refractivity contribution < 1.29 is 27.9 Å². The number of likely N-dealkylation sites (tertiary alicyclic amines) is 2. The molecule has 2 aliphatic rings. The molecule has 0 spiro atoms. The molecule has 2 N–H and O–H groups in total. The zero-order chi connectivity index (χ0) is 45.3. The second-order valence-corrected chi connectivity index (χ2v) is 19.0. The van der Waals surface area contributed by atoms with Crippen molar-refractivity contribution in [2.24, 2.45) is 5.92 Å². The van der Waals surface area contributed by atoms with Crippen LogP contribution in [0.15, 0.2) is 36.9 Å². The van der Waals surface area contributed by atoms with Crippen LogP contribution in [0.25, 0.3) is 20.7 Å². The van der Waals surface area contributed by atoms with E-state index in [1.54, 1.807) is 24.3 Å². The van der Waals surface area contributed by atoms with Gasteiger partial charge in [0.05, 0.1) is 40.5 Å². The Hall–Kier alpha value is -5.80. The Bertz CT molecular complexity index is 2670. The van der Waals surface area contributed by atoms with E-state index in [1.807, 2.05) is 53.4 Å². The number of aryl methyl sites for hydroxylation is 2. The number of pyridine rings is 2. The maximum Gasteiger partial charge on any atom is 0.410 e. The number of aromatic nitrogens is 8. The molecule has 8 heterocycles. The van der Waals surface area contributed by atoms with Crippen LogP contribution in [-0.2, 0) is 4.74 Å². The quantitative estimate of drug-likeness (QED) is 0.135. The van der Waals surface area contributed by atoms with Crippen LogP contribution in [0.2, 0.25) is 0 Å². The number of anilines is 2. The van der Waals surface area contributed by atoms with Gasteiger partial charge in [0.25, 0.3) is 11.8 Å². The molecule has 0 bridgehead atoms. The Morgan fingerprint density at radius 2 is 1.20 bits per heavy atom. The van der Waals surface area contributed by atoms with Crippen molar-refractivity contribution in [2.75, 3.05) is 43.9 Å². The van der Waals surface area contributed by atoms with E-state index < -0.39 is 23.3 Å². The molecule has 0 saturated carbocycles. The Morgan fingerprint density at radius 1 is 0.766 bits per heavy atom. The first-order valence-electron chi connectivity index (χ1n) is 20.4. The van der Waals surface area contributed by atoms with Gasteiger partial charge in [0.15, 0.2) is 22.7 Å². The molecular weight excluding hydrogens is 888 g/mol. The van der Waals surface area contributed by atoms with Gasteiger partial charge in [-0.2, -0.15) is 9.97 Å². The molecule has 0 aliphatic carbocycles. The number of likely N-dealkylation sites (N-methyl/N-ethyl adjacent to an activating group) is 1. The molecule has 6 aromatic heterocycles. The minimum absolute atomic E-state index is 0. The molecule has 6 aromatic rings. The molecule has 2 saturated heterocycles. The van der Waals surface area contributed by atoms with Gasteiger partial charge in [-0.15, -0.1) is 35.1 Å². The lowest BCUT2D eigenvalue weighted by Gasteiger charge is -2.43. The first kappa shape index (κ1) is 47.7. The van der Waals surface area contributed by atoms with Gasteiger partial charge in [-0.1, -0.05) is 6.92 Å². The van der Waals surface area contributed by atoms with Gasteiger partial charge in [0, 0.05) is 45.6 Å². The van der Waals surface area contributed by atoms with E-state index in [4.69, 9.17) is 4.74 Å². The zero-order valence-corrected chi connectivity index (χ0v) is 39.3. The van der Waals surface area contributed by atoms with Gasteiger partial charge >= 0.3 is 6.09 Å². The van der Waals surface area contributed by atoms with Crippen LogP contribution >= 0.6 is 35.1 Å². The second kappa shape index (κ2) is 19.5. The van der Waals surface area contributed by atoms with Crippen LogP contribution in [0.4, 0.5) is 25.5 Å². The number of amides is 3. The smallest absolute Gasteiger partial charge is 0.410 e. The summed E-state index contributed by atoms with van der Waals surface area (Å²) in [5.74, 6) is -0.139. The molecule has 0 unspecified atom stereocenters. The molecule has 3 amide bonds. The summed E-state index contributed by atoms with van der Waals surface area (Å²) in [5.41, 5.74) is 2.22. The highest BCUT2D eigenvalue weighted by atomic mass is 35.5. The topological polar surface area (TPSA) is 197 Å². The third kappa shape index (κ3) is 10.9. The van der Waals surface area contributed by atoms with E-state index in [-0.39, 0.29) is 54.0 Å². The molecule has 17 nitrogen and oxygen atoms in total. The van der Waals surface area contributed by atoms with Crippen molar-refractivity contribution in [1.29, 1.82) is 0 Å². The number of carbonyl (C=O) groups excluding carboxylic acids is 3. The number of hydrogen-bond donors (Lipinski definition) is 2. The number of fused-ring (bicyclic) bond motifs is 2. The summed E-state index contributed by atoms with van der Waals surface area (Å²) < 4.78 is 33.8. The van der Waals surface area contributed by atoms with Crippen molar-refractivity contribution in [2.45, 2.75) is 85.5 Å². The molecule has 64 heavy (non-hydrogen) atoms. The standard InChI is InChI=1S/C23H28FN7O3S.C19H21FN6OS.ClH/c1-12(14-7-15(24)9-25-8-14)26-21-28-17(18-19(29-21)27-13(2)35-18)20(32)31-10-16(11-31)30(6)22(33)34-23(3,4)5;1-4-12-8-26(9-12)18(27)15-16-17(23-11(3)28-16)25-19(24-15)22-10(2)13-5-14(20)7-21-6-13;/h7-9,12,16H,10-11H2,1-6H3,(H,26,28,29);5-7,10,12H,4,8-9H2,1-3H3,(H,22,24,25);1H/t12-;10-;/m00./s1. The number of thiazole rings is 2. The molecule has 2 aliphatic heterocycles. The van der Waals surface area contributed by atoms with Crippen molar-refractivity contribution in [3.05, 3.63) is 81.1 Å². The summed E-state index contributed by atoms with van der Waals surface area (Å²) in [5, 5.41) is 7.84. The van der Waals surface area contributed by atoms with Crippen molar-refractivity contribution in [3.63, 3.8) is 0 Å². The third-order valence-corrected chi connectivity index (χ3v) is 12.4. The molecule has 2 atom stereocenters. The molecule has 340 valence electrons. The summed E-state index contributed by atoms with van der Waals surface area (Å²) >= 11 is 2.77. The summed E-state index contributed by atoms with van der Waals surface area (Å²) in [7, 11) is 1.67. The van der Waals surface area contributed by atoms with Crippen LogP contribution in [0, 0.1) is 31.4 Å². The average Bonchev–Trinajstić information content (AvgIpc) is 3.76. The fourth-order valence-corrected chi connectivity index (χ4v) is 8.48. The van der Waals surface area contributed by atoms with Gasteiger partial charge in [-0.25, -0.2) is 33.5 Å². The molecule has 0 aromatic carbocycles. The molecule has 0 radical (unpaired) electrons. The first-order valence-corrected chi connectivity index (χ1v) is 22.1. The number of halogens is 3. The maximum atomic E-state index is 13.6. The van der Waals surface area contributed by atoms with E-state index in [9.17, 15) is 23.2 Å². The number of carbonyl (C=O) groups is 3. The highest BCUT2D eigenvalue weighted by molar-refractivity contribution is 7.19. The Labute approximate surface area is 382 Å². The van der Waals surface area contributed by atoms with Crippen LogP contribution in [-0.4, -0.2) is 117 Å². The van der Waals surface area contributed by atoms with Crippen LogP contribution in [0.3, 0.4) is 0 Å². The van der Waals surface area contributed by atoms with Gasteiger partial charge in [0.2, 0.25) is 11.9 Å². The fraction of sp³-hybridized carbons (Fsp3) is 0.452. The fourth-order valence-electron chi connectivity index (χ4n) is 6.80. The normalized spacial score (nSPS) is 15.0. The van der Waals surface area contributed by atoms with E-state index in [0.29, 0.717) is 62.5 Å².